The number of hydrogen-bond acceptors (Lipinski definition) is 4. The van der Waals surface area contributed by atoms with Crippen LogP contribution in [0.15, 0.2) is 46.6 Å². The Morgan fingerprint density at radius 2 is 1.52 bits per heavy atom. The van der Waals surface area contributed by atoms with Crippen molar-refractivity contribution in [3.05, 3.63) is 76.1 Å². The molecule has 4 aromatic rings. The summed E-state index contributed by atoms with van der Waals surface area (Å²) in [5.74, 6) is 0.547. The monoisotopic (exact) mass is 862 g/mol. The first kappa shape index (κ1) is 34.3. The first-order valence-electron chi connectivity index (χ1n) is 20.8. The summed E-state index contributed by atoms with van der Waals surface area (Å²) >= 11 is 0. The van der Waals surface area contributed by atoms with Crippen molar-refractivity contribution in [2.45, 2.75) is 146 Å². The van der Waals surface area contributed by atoms with Crippen LogP contribution < -0.4 is 0 Å². The van der Waals surface area contributed by atoms with E-state index in [9.17, 15) is 11.3 Å². The second kappa shape index (κ2) is 16.3. The predicted molar refractivity (Wildman–Crippen MR) is 208 cm³/mol. The molecular weight excluding hydrogens is 795 g/mol. The van der Waals surface area contributed by atoms with Crippen LogP contribution in [-0.4, -0.2) is 15.9 Å². The van der Waals surface area contributed by atoms with E-state index >= 15 is 0 Å². The fourth-order valence-corrected chi connectivity index (χ4v) is 7.43. The van der Waals surface area contributed by atoms with E-state index in [0.29, 0.717) is 51.1 Å². The molecule has 0 saturated heterocycles. The van der Waals surface area contributed by atoms with Crippen LogP contribution in [0.1, 0.15) is 149 Å². The molecule has 2 aromatic carbocycles. The molecule has 1 aliphatic carbocycles. The van der Waals surface area contributed by atoms with Crippen LogP contribution in [-0.2, 0) is 42.2 Å². The van der Waals surface area contributed by atoms with Crippen LogP contribution in [0, 0.1) is 37.2 Å². The quantitative estimate of drug-likeness (QED) is 0.103. The zero-order valence-corrected chi connectivity index (χ0v) is 35.1. The number of benzene rings is 2. The molecule has 5 rings (SSSR count). The summed E-state index contributed by atoms with van der Waals surface area (Å²) in [5, 5.41) is 10.7. The fourth-order valence-electron chi connectivity index (χ4n) is 7.43. The van der Waals surface area contributed by atoms with Crippen LogP contribution in [0.5, 0.6) is 0 Å². The Morgan fingerprint density at radius 3 is 2.08 bits per heavy atom. The molecule has 0 spiro atoms. The summed E-state index contributed by atoms with van der Waals surface area (Å²) < 4.78 is 50.8. The van der Waals surface area contributed by atoms with Gasteiger partial charge in [-0.05, 0) is 87.1 Å². The molecule has 1 aliphatic rings. The van der Waals surface area contributed by atoms with Crippen molar-refractivity contribution in [3.63, 3.8) is 0 Å². The third-order valence-corrected chi connectivity index (χ3v) is 10.3. The summed E-state index contributed by atoms with van der Waals surface area (Å²) in [6.45, 7) is 27.1. The molecule has 50 heavy (non-hydrogen) atoms. The average Bonchev–Trinajstić information content (AvgIpc) is 3.48. The van der Waals surface area contributed by atoms with Gasteiger partial charge in [-0.15, -0.1) is 34.8 Å². The number of fused-ring (bicyclic) bond motifs is 5. The van der Waals surface area contributed by atoms with Gasteiger partial charge in [-0.1, -0.05) is 90.0 Å². The first-order valence-corrected chi connectivity index (χ1v) is 18.3. The van der Waals surface area contributed by atoms with Crippen molar-refractivity contribution < 1.29 is 41.3 Å². The minimum atomic E-state index is -0.229. The Bertz CT molecular complexity index is 2100. The molecule has 0 amide bonds. The number of aliphatic hydroxyl groups excluding tert-OH is 1. The molecule has 4 nitrogen and oxygen atoms in total. The maximum atomic E-state index is 11.7. The van der Waals surface area contributed by atoms with Crippen molar-refractivity contribution in [1.29, 1.82) is 0 Å². The Hall–Kier alpha value is -2.75. The summed E-state index contributed by atoms with van der Waals surface area (Å²) in [4.78, 5) is 16.2. The van der Waals surface area contributed by atoms with Gasteiger partial charge in [0.05, 0.1) is 9.87 Å². The average molecular weight is 862 g/mol. The van der Waals surface area contributed by atoms with E-state index in [-0.39, 0.29) is 89.7 Å². The zero-order valence-electron chi connectivity index (χ0n) is 37.7. The number of nitrogens with zero attached hydrogens (tertiary/aromatic N) is 1. The zero-order chi connectivity index (χ0) is 40.8. The van der Waals surface area contributed by atoms with E-state index in [2.05, 4.69) is 59.5 Å². The maximum Gasteiger partial charge on any atom is 0.162 e. The maximum absolute atomic E-state index is 11.7. The Labute approximate surface area is 323 Å². The molecule has 1 radical (unpaired) electrons. The van der Waals surface area contributed by atoms with Gasteiger partial charge >= 0.3 is 0 Å². The molecule has 0 fully saturated rings. The summed E-state index contributed by atoms with van der Waals surface area (Å²) in [5.41, 5.74) is 5.45. The number of ketones is 1. The van der Waals surface area contributed by atoms with Gasteiger partial charge in [0.25, 0.3) is 0 Å². The number of rotatable bonds is 9. The number of aryl methyl sites for hydroxylation is 1. The minimum Gasteiger partial charge on any atom is -0.512 e. The Kier molecular flexibility index (Phi) is 11.2. The number of pyridine rings is 1. The number of hydrogen-bond donors (Lipinski definition) is 1. The molecule has 0 aliphatic heterocycles. The number of furan rings is 1. The third-order valence-electron chi connectivity index (χ3n) is 10.3. The van der Waals surface area contributed by atoms with E-state index in [1.165, 1.54) is 11.6 Å². The molecule has 2 heterocycles. The van der Waals surface area contributed by atoms with Crippen LogP contribution in [0.4, 0.5) is 0 Å². The van der Waals surface area contributed by atoms with Gasteiger partial charge in [0.1, 0.15) is 11.2 Å². The molecule has 275 valence electrons. The number of carbonyl (C=O) groups is 1. The number of allylic oxidation sites excluding steroid dienone is 2. The molecule has 0 unspecified atom stereocenters. The van der Waals surface area contributed by atoms with Gasteiger partial charge in [0.15, 0.2) is 5.78 Å². The third kappa shape index (κ3) is 8.99. The van der Waals surface area contributed by atoms with Crippen molar-refractivity contribution in [2.75, 3.05) is 0 Å². The Balaban J connectivity index is 0.000000433. The largest absolute Gasteiger partial charge is 0.512 e. The fraction of sp³-hybridized carbons (Fsp3) is 0.556. The summed E-state index contributed by atoms with van der Waals surface area (Å²) in [7, 11) is 0. The van der Waals surface area contributed by atoms with Gasteiger partial charge in [-0.25, -0.2) is 0 Å². The summed E-state index contributed by atoms with van der Waals surface area (Å²) in [6.07, 6.45) is 7.35. The van der Waals surface area contributed by atoms with Crippen LogP contribution >= 0.6 is 0 Å². The van der Waals surface area contributed by atoms with Crippen molar-refractivity contribution in [3.8, 4) is 11.3 Å². The molecule has 0 saturated carbocycles. The minimum absolute atomic E-state index is 0. The SMILES string of the molecule is CCC(CC)C(=O)/C=C(\O)C(CC)CC.[2H]c1nc(-c2[c-]c(C)c([2H])c(C)c2[2H])c2oc3c4c(c(CC(C)(C)C)c([2H])c3c2c1[2H])C(C)(C)CCC4(C)C.[Ir]. The molecular formula is C45H62IrNO3-. The van der Waals surface area contributed by atoms with Gasteiger partial charge < -0.3 is 14.5 Å². The smallest absolute Gasteiger partial charge is 0.162 e. The summed E-state index contributed by atoms with van der Waals surface area (Å²) in [6, 6.07) is 3.79. The number of carbonyl (C=O) groups excluding carboxylic acids is 1. The van der Waals surface area contributed by atoms with E-state index < -0.39 is 0 Å². The van der Waals surface area contributed by atoms with Crippen LogP contribution in [0.3, 0.4) is 0 Å². The first-order chi connectivity index (χ1) is 25.0. The van der Waals surface area contributed by atoms with E-state index in [4.69, 9.17) is 9.90 Å². The van der Waals surface area contributed by atoms with Gasteiger partial charge in [-0.2, -0.15) is 0 Å². The number of aliphatic hydroxyl groups is 1. The standard InChI is InChI=1S/C32H38NO.C13H24O2.Ir/c1-19-14-20(2)16-21(15-19)27-29-23(10-13-33-27)24-17-22(18-30(3,4)5)25-26(28(24)34-29)32(8,9)12-11-31(25,6)7;1-5-10(6-2)12(14)9-13(15)11(7-3)8-4;/h10,13-15,17H,11-12,18H2,1-9H3;9-11,14H,5-8H2,1-4H3;/q-1;;/b;12-9-;/i10D,13D,14D,15D,17D;;. The van der Waals surface area contributed by atoms with Crippen LogP contribution in [0.25, 0.3) is 33.2 Å². The molecule has 2 aromatic heterocycles. The van der Waals surface area contributed by atoms with E-state index in [1.54, 1.807) is 13.8 Å². The molecule has 1 N–H and O–H groups in total. The Morgan fingerprint density at radius 1 is 0.940 bits per heavy atom. The van der Waals surface area contributed by atoms with Crippen molar-refractivity contribution in [2.24, 2.45) is 17.3 Å². The van der Waals surface area contributed by atoms with Gasteiger partial charge in [0, 0.05) is 66.2 Å². The van der Waals surface area contributed by atoms with Gasteiger partial charge in [-0.3, -0.25) is 4.79 Å². The van der Waals surface area contributed by atoms with Crippen molar-refractivity contribution in [1.82, 2.24) is 4.98 Å². The normalized spacial score (nSPS) is 16.9. The van der Waals surface area contributed by atoms with Crippen LogP contribution in [0.2, 0.25) is 0 Å². The molecule has 0 bridgehead atoms. The second-order valence-corrected chi connectivity index (χ2v) is 16.6. The second-order valence-electron chi connectivity index (χ2n) is 16.6. The molecule has 5 heteroatoms. The van der Waals surface area contributed by atoms with E-state index in [1.807, 2.05) is 27.7 Å². The number of aromatic nitrogens is 1. The van der Waals surface area contributed by atoms with E-state index in [0.717, 1.165) is 49.7 Å². The van der Waals surface area contributed by atoms with Crippen molar-refractivity contribution >= 4 is 27.7 Å². The van der Waals surface area contributed by atoms with Gasteiger partial charge in [0.2, 0.25) is 0 Å². The topological polar surface area (TPSA) is 63.3 Å². The predicted octanol–water partition coefficient (Wildman–Crippen LogP) is 12.9. The molecule has 0 atom stereocenters.